The Bertz CT molecular complexity index is 1210. The Morgan fingerprint density at radius 1 is 1.08 bits per heavy atom. The highest BCUT2D eigenvalue weighted by molar-refractivity contribution is 5.99. The number of piperazine rings is 1. The lowest BCUT2D eigenvalue weighted by Gasteiger charge is -2.27. The third kappa shape index (κ3) is 6.55. The Morgan fingerprint density at radius 2 is 1.89 bits per heavy atom. The summed E-state index contributed by atoms with van der Waals surface area (Å²) in [5.74, 6) is 0.0463. The molecule has 2 heterocycles. The first-order valence-electron chi connectivity index (χ1n) is 13.3. The van der Waals surface area contributed by atoms with E-state index in [0.29, 0.717) is 12.2 Å². The summed E-state index contributed by atoms with van der Waals surface area (Å²) in [5, 5.41) is 6.56. The average Bonchev–Trinajstić information content (AvgIpc) is 3.35. The van der Waals surface area contributed by atoms with Gasteiger partial charge in [-0.25, -0.2) is 4.98 Å². The van der Waals surface area contributed by atoms with Gasteiger partial charge in [-0.05, 0) is 48.9 Å². The first-order valence-corrected chi connectivity index (χ1v) is 13.3. The van der Waals surface area contributed by atoms with Crippen molar-refractivity contribution in [1.82, 2.24) is 20.5 Å². The van der Waals surface area contributed by atoms with Crippen molar-refractivity contribution in [2.75, 3.05) is 31.9 Å². The summed E-state index contributed by atoms with van der Waals surface area (Å²) in [4.78, 5) is 20.0. The number of hydrogen-bond donors (Lipinski definition) is 3. The number of anilines is 1. The van der Waals surface area contributed by atoms with E-state index in [9.17, 15) is 4.79 Å². The molecule has 1 saturated carbocycles. The summed E-state index contributed by atoms with van der Waals surface area (Å²) in [7, 11) is 0. The number of nitrogens with one attached hydrogen (secondary N) is 2. The maximum absolute atomic E-state index is 13.2. The summed E-state index contributed by atoms with van der Waals surface area (Å²) < 4.78 is 6.21. The Kier molecular flexibility index (Phi) is 8.14. The van der Waals surface area contributed by atoms with Crippen LogP contribution in [0.2, 0.25) is 0 Å². The summed E-state index contributed by atoms with van der Waals surface area (Å²) in [6.07, 6.45) is 4.58. The number of aromatic nitrogens is 1. The van der Waals surface area contributed by atoms with Gasteiger partial charge in [-0.15, -0.1) is 0 Å². The molecule has 37 heavy (non-hydrogen) atoms. The predicted molar refractivity (Wildman–Crippen MR) is 147 cm³/mol. The van der Waals surface area contributed by atoms with E-state index in [4.69, 9.17) is 10.5 Å². The summed E-state index contributed by atoms with van der Waals surface area (Å²) in [5.41, 5.74) is 12.1. The minimum atomic E-state index is -0.196. The number of aryl methyl sites for hydroxylation is 1. The summed E-state index contributed by atoms with van der Waals surface area (Å²) >= 11 is 0. The van der Waals surface area contributed by atoms with Crippen molar-refractivity contribution < 1.29 is 9.53 Å². The summed E-state index contributed by atoms with van der Waals surface area (Å²) in [6, 6.07) is 18.6. The quantitative estimate of drug-likeness (QED) is 0.435. The van der Waals surface area contributed by atoms with Crippen LogP contribution in [-0.4, -0.2) is 54.1 Å². The Hall–Kier alpha value is -3.26. The second-order valence-corrected chi connectivity index (χ2v) is 10.2. The lowest BCUT2D eigenvalue weighted by atomic mass is 10.0. The van der Waals surface area contributed by atoms with Gasteiger partial charge in [-0.1, -0.05) is 54.1 Å². The van der Waals surface area contributed by atoms with Gasteiger partial charge >= 0.3 is 0 Å². The van der Waals surface area contributed by atoms with Crippen molar-refractivity contribution >= 4 is 11.7 Å². The van der Waals surface area contributed by atoms with Crippen molar-refractivity contribution in [2.24, 2.45) is 0 Å². The Balaban J connectivity index is 1.22. The van der Waals surface area contributed by atoms with E-state index in [2.05, 4.69) is 69.9 Å². The predicted octanol–water partition coefficient (Wildman–Crippen LogP) is 3.91. The molecule has 5 rings (SSSR count). The largest absolute Gasteiger partial charge is 0.383 e. The van der Waals surface area contributed by atoms with Crippen LogP contribution >= 0.6 is 0 Å². The fourth-order valence-electron chi connectivity index (χ4n) is 5.29. The number of carbonyl (C=O) groups excluding carboxylic acids is 1. The molecule has 2 aliphatic rings. The van der Waals surface area contributed by atoms with Crippen LogP contribution in [0.4, 0.5) is 5.82 Å². The third-order valence-electron chi connectivity index (χ3n) is 7.38. The molecule has 0 spiro atoms. The van der Waals surface area contributed by atoms with Crippen LogP contribution in [0.3, 0.4) is 0 Å². The van der Waals surface area contributed by atoms with Gasteiger partial charge in [-0.2, -0.15) is 0 Å². The maximum atomic E-state index is 13.2. The summed E-state index contributed by atoms with van der Waals surface area (Å²) in [6.45, 7) is 7.80. The Labute approximate surface area is 219 Å². The molecule has 1 amide bonds. The minimum Gasteiger partial charge on any atom is -0.383 e. The number of carbonyl (C=O) groups is 1. The van der Waals surface area contributed by atoms with Crippen LogP contribution in [0, 0.1) is 6.92 Å². The lowest BCUT2D eigenvalue weighted by Crippen LogP contribution is -2.42. The highest BCUT2D eigenvalue weighted by Crippen LogP contribution is 2.26. The zero-order chi connectivity index (χ0) is 25.6. The number of benzene rings is 2. The molecule has 4 N–H and O–H groups in total. The second kappa shape index (κ2) is 11.9. The number of nitrogens with two attached hydrogens (primary N) is 1. The van der Waals surface area contributed by atoms with Crippen molar-refractivity contribution in [3.63, 3.8) is 0 Å². The first kappa shape index (κ1) is 25.4. The highest BCUT2D eigenvalue weighted by Gasteiger charge is 2.30. The van der Waals surface area contributed by atoms with Crippen molar-refractivity contribution in [3.05, 3.63) is 83.0 Å². The standard InChI is InChI=1S/C30H37N5O2/c1-21-4-2-5-23(16-21)20-37-28-7-3-6-27(28)34-30(36)26-17-25(18-33-29(26)31)24-10-8-22(9-11-24)19-35-14-12-32-13-15-35/h2,4-5,8-11,16-18,27-28,32H,3,6-7,12-15,19-20H2,1H3,(H2,31,33)(H,34,36)/t27-,28-/m0/s1. The second-order valence-electron chi connectivity index (χ2n) is 10.2. The van der Waals surface area contributed by atoms with Gasteiger partial charge in [0.2, 0.25) is 0 Å². The number of rotatable bonds is 8. The molecule has 1 saturated heterocycles. The number of pyridine rings is 1. The molecule has 0 radical (unpaired) electrons. The molecule has 2 aromatic carbocycles. The number of ether oxygens (including phenoxy) is 1. The number of hydrogen-bond acceptors (Lipinski definition) is 6. The van der Waals surface area contributed by atoms with Gasteiger partial charge in [0.1, 0.15) is 5.82 Å². The van der Waals surface area contributed by atoms with Gasteiger partial charge in [0, 0.05) is 44.5 Å². The van der Waals surface area contributed by atoms with Crippen LogP contribution in [-0.2, 0) is 17.9 Å². The molecule has 0 unspecified atom stereocenters. The van der Waals surface area contributed by atoms with Crippen LogP contribution < -0.4 is 16.4 Å². The van der Waals surface area contributed by atoms with E-state index in [1.54, 1.807) is 6.20 Å². The van der Waals surface area contributed by atoms with Crippen LogP contribution in [0.15, 0.2) is 60.8 Å². The molecule has 2 atom stereocenters. The van der Waals surface area contributed by atoms with Gasteiger partial charge in [0.15, 0.2) is 0 Å². The van der Waals surface area contributed by atoms with E-state index in [1.807, 2.05) is 12.1 Å². The first-order chi connectivity index (χ1) is 18.0. The van der Waals surface area contributed by atoms with Gasteiger partial charge in [0.05, 0.1) is 24.3 Å². The molecular formula is C30H37N5O2. The lowest BCUT2D eigenvalue weighted by molar-refractivity contribution is 0.0272. The fourth-order valence-corrected chi connectivity index (χ4v) is 5.29. The number of nitrogen functional groups attached to an aromatic ring is 1. The zero-order valence-corrected chi connectivity index (χ0v) is 21.6. The Morgan fingerprint density at radius 3 is 2.68 bits per heavy atom. The molecule has 1 aromatic heterocycles. The fraction of sp³-hybridized carbons (Fsp3) is 0.400. The van der Waals surface area contributed by atoms with Crippen molar-refractivity contribution in [3.8, 4) is 11.1 Å². The number of amides is 1. The molecule has 0 bridgehead atoms. The molecule has 194 valence electrons. The normalized spacial score (nSPS) is 20.1. The van der Waals surface area contributed by atoms with Gasteiger partial charge in [-0.3, -0.25) is 9.69 Å². The maximum Gasteiger partial charge on any atom is 0.255 e. The van der Waals surface area contributed by atoms with Crippen LogP contribution in [0.25, 0.3) is 11.1 Å². The van der Waals surface area contributed by atoms with Crippen molar-refractivity contribution in [2.45, 2.75) is 51.5 Å². The van der Waals surface area contributed by atoms with E-state index in [0.717, 1.165) is 68.7 Å². The molecule has 2 fully saturated rings. The SMILES string of the molecule is Cc1cccc(CO[C@H]2CCC[C@@H]2NC(=O)c2cc(-c3ccc(CN4CCNCC4)cc3)cnc2N)c1. The molecule has 7 nitrogen and oxygen atoms in total. The van der Waals surface area contributed by atoms with E-state index in [-0.39, 0.29) is 23.9 Å². The van der Waals surface area contributed by atoms with Gasteiger partial charge in [0.25, 0.3) is 5.91 Å². The average molecular weight is 500 g/mol. The van der Waals surface area contributed by atoms with E-state index < -0.39 is 0 Å². The van der Waals surface area contributed by atoms with Crippen molar-refractivity contribution in [1.29, 1.82) is 0 Å². The topological polar surface area (TPSA) is 92.5 Å². The molecule has 3 aromatic rings. The smallest absolute Gasteiger partial charge is 0.255 e. The molecular weight excluding hydrogens is 462 g/mol. The van der Waals surface area contributed by atoms with E-state index >= 15 is 0 Å². The third-order valence-corrected chi connectivity index (χ3v) is 7.38. The number of nitrogens with zero attached hydrogens (tertiary/aromatic N) is 2. The minimum absolute atomic E-state index is 0.00921. The molecule has 1 aliphatic heterocycles. The van der Waals surface area contributed by atoms with Gasteiger partial charge < -0.3 is 21.1 Å². The van der Waals surface area contributed by atoms with Crippen LogP contribution in [0.1, 0.15) is 46.3 Å². The molecule has 1 aliphatic carbocycles. The van der Waals surface area contributed by atoms with E-state index in [1.165, 1.54) is 11.1 Å². The van der Waals surface area contributed by atoms with Crippen LogP contribution in [0.5, 0.6) is 0 Å². The zero-order valence-electron chi connectivity index (χ0n) is 21.6. The highest BCUT2D eigenvalue weighted by atomic mass is 16.5. The molecule has 7 heteroatoms. The monoisotopic (exact) mass is 499 g/mol.